The van der Waals surface area contributed by atoms with Gasteiger partial charge in [-0.05, 0) is 13.3 Å². The lowest BCUT2D eigenvalue weighted by Gasteiger charge is -2.19. The van der Waals surface area contributed by atoms with E-state index in [1.807, 2.05) is 30.3 Å². The van der Waals surface area contributed by atoms with Crippen LogP contribution < -0.4 is 5.32 Å². The molecule has 1 aromatic carbocycles. The standard InChI is InChI=1S/C13H15N3O/c1-8-7-10-12(14-8)15-11(16-13(10)17)9-5-3-2-4-6-9/h2-6,8,10,12,14H,7H2,1H3,(H,15,16,17). The zero-order valence-corrected chi connectivity index (χ0v) is 9.67. The first kappa shape index (κ1) is 10.5. The Kier molecular flexibility index (Phi) is 2.44. The van der Waals surface area contributed by atoms with Crippen LogP contribution in [0.15, 0.2) is 40.3 Å². The summed E-state index contributed by atoms with van der Waals surface area (Å²) < 4.78 is 0. The highest BCUT2D eigenvalue weighted by Crippen LogP contribution is 2.26. The Bertz CT molecular complexity index is 481. The molecule has 2 aliphatic rings. The summed E-state index contributed by atoms with van der Waals surface area (Å²) in [6, 6.07) is 10.1. The molecule has 0 aliphatic carbocycles. The minimum atomic E-state index is -0.0299. The Hall–Kier alpha value is -1.68. The molecule has 4 nitrogen and oxygen atoms in total. The molecule has 17 heavy (non-hydrogen) atoms. The summed E-state index contributed by atoms with van der Waals surface area (Å²) in [5, 5.41) is 13.3. The van der Waals surface area contributed by atoms with Crippen LogP contribution in [0.3, 0.4) is 0 Å². The minimum absolute atomic E-state index is 0.0299. The molecule has 4 heteroatoms. The van der Waals surface area contributed by atoms with Gasteiger partial charge in [0.25, 0.3) is 0 Å². The summed E-state index contributed by atoms with van der Waals surface area (Å²) in [4.78, 5) is 8.78. The van der Waals surface area contributed by atoms with E-state index in [-0.39, 0.29) is 18.0 Å². The fraction of sp³-hybridized carbons (Fsp3) is 0.385. The van der Waals surface area contributed by atoms with Crippen molar-refractivity contribution in [2.45, 2.75) is 25.6 Å². The van der Waals surface area contributed by atoms with Gasteiger partial charge in [-0.2, -0.15) is 4.99 Å². The van der Waals surface area contributed by atoms with E-state index in [0.29, 0.717) is 11.9 Å². The molecule has 2 N–H and O–H groups in total. The van der Waals surface area contributed by atoms with E-state index in [1.54, 1.807) is 0 Å². The van der Waals surface area contributed by atoms with Crippen molar-refractivity contribution in [3.63, 3.8) is 0 Å². The molecule has 0 bridgehead atoms. The number of aliphatic imine (C=N–C) groups is 2. The van der Waals surface area contributed by atoms with Crippen LogP contribution in [0.5, 0.6) is 0 Å². The lowest BCUT2D eigenvalue weighted by molar-refractivity contribution is 0.444. The third-order valence-corrected chi connectivity index (χ3v) is 3.29. The van der Waals surface area contributed by atoms with Crippen molar-refractivity contribution < 1.29 is 5.11 Å². The molecule has 0 saturated carbocycles. The van der Waals surface area contributed by atoms with Gasteiger partial charge in [0.15, 0.2) is 11.7 Å². The molecule has 3 unspecified atom stereocenters. The van der Waals surface area contributed by atoms with Crippen LogP contribution in [-0.2, 0) is 0 Å². The number of nitrogens with one attached hydrogen (secondary N) is 1. The third kappa shape index (κ3) is 1.85. The monoisotopic (exact) mass is 229 g/mol. The van der Waals surface area contributed by atoms with Crippen molar-refractivity contribution in [1.82, 2.24) is 5.32 Å². The van der Waals surface area contributed by atoms with Crippen LogP contribution in [0.2, 0.25) is 0 Å². The van der Waals surface area contributed by atoms with Gasteiger partial charge in [-0.1, -0.05) is 30.3 Å². The predicted octanol–water partition coefficient (Wildman–Crippen LogP) is 1.73. The summed E-state index contributed by atoms with van der Waals surface area (Å²) in [7, 11) is 0. The smallest absolute Gasteiger partial charge is 0.194 e. The van der Waals surface area contributed by atoms with Gasteiger partial charge in [-0.15, -0.1) is 0 Å². The van der Waals surface area contributed by atoms with Crippen LogP contribution in [0, 0.1) is 5.92 Å². The zero-order chi connectivity index (χ0) is 11.8. The highest BCUT2D eigenvalue weighted by molar-refractivity contribution is 6.07. The first-order valence-electron chi connectivity index (χ1n) is 5.91. The van der Waals surface area contributed by atoms with Crippen LogP contribution in [0.1, 0.15) is 18.9 Å². The van der Waals surface area contributed by atoms with Crippen molar-refractivity contribution in [2.24, 2.45) is 15.9 Å². The number of aliphatic hydroxyl groups is 1. The number of nitrogens with zero attached hydrogens (tertiary/aromatic N) is 2. The van der Waals surface area contributed by atoms with Crippen LogP contribution in [0.25, 0.3) is 0 Å². The molecular formula is C13H15N3O. The number of rotatable bonds is 1. The average Bonchev–Trinajstić information content (AvgIpc) is 2.71. The van der Waals surface area contributed by atoms with Crippen molar-refractivity contribution >= 4 is 11.7 Å². The second-order valence-electron chi connectivity index (χ2n) is 4.64. The summed E-state index contributed by atoms with van der Waals surface area (Å²) in [6.07, 6.45) is 0.865. The Morgan fingerprint density at radius 3 is 2.82 bits per heavy atom. The molecular weight excluding hydrogens is 214 g/mol. The molecule has 2 heterocycles. The minimum Gasteiger partial charge on any atom is -0.496 e. The van der Waals surface area contributed by atoms with E-state index >= 15 is 0 Å². The van der Waals surface area contributed by atoms with Gasteiger partial charge in [-0.3, -0.25) is 5.32 Å². The quantitative estimate of drug-likeness (QED) is 0.770. The zero-order valence-electron chi connectivity index (χ0n) is 9.67. The lowest BCUT2D eigenvalue weighted by Crippen LogP contribution is -2.35. The van der Waals surface area contributed by atoms with E-state index in [1.165, 1.54) is 0 Å². The topological polar surface area (TPSA) is 57.0 Å². The molecule has 0 spiro atoms. The van der Waals surface area contributed by atoms with Gasteiger partial charge < -0.3 is 5.11 Å². The molecule has 0 aromatic heterocycles. The molecule has 3 rings (SSSR count). The molecule has 3 atom stereocenters. The highest BCUT2D eigenvalue weighted by atomic mass is 16.3. The van der Waals surface area contributed by atoms with Crippen LogP contribution in [0.4, 0.5) is 0 Å². The first-order chi connectivity index (χ1) is 8.24. The van der Waals surface area contributed by atoms with Crippen molar-refractivity contribution in [2.75, 3.05) is 0 Å². The normalized spacial score (nSPS) is 31.7. The van der Waals surface area contributed by atoms with E-state index in [9.17, 15) is 5.11 Å². The molecule has 88 valence electrons. The Balaban J connectivity index is 1.96. The highest BCUT2D eigenvalue weighted by Gasteiger charge is 2.37. The molecule has 0 amide bonds. The van der Waals surface area contributed by atoms with Gasteiger partial charge in [0, 0.05) is 11.6 Å². The SMILES string of the molecule is CC1CC2C(O)=NC(c3ccccc3)=NC2N1. The lowest BCUT2D eigenvalue weighted by atomic mass is 10.0. The maximum atomic E-state index is 9.96. The van der Waals surface area contributed by atoms with Crippen LogP contribution in [-0.4, -0.2) is 29.0 Å². The maximum absolute atomic E-state index is 9.96. The number of amidine groups is 1. The van der Waals surface area contributed by atoms with E-state index in [0.717, 1.165) is 12.0 Å². The summed E-state index contributed by atoms with van der Waals surface area (Å²) in [5.74, 6) is 0.865. The number of hydrogen-bond donors (Lipinski definition) is 2. The van der Waals surface area contributed by atoms with E-state index in [2.05, 4.69) is 22.2 Å². The largest absolute Gasteiger partial charge is 0.496 e. The number of fused-ring (bicyclic) bond motifs is 1. The van der Waals surface area contributed by atoms with E-state index < -0.39 is 0 Å². The summed E-state index contributed by atoms with van der Waals surface area (Å²) in [6.45, 7) is 2.10. The number of aliphatic hydroxyl groups excluding tert-OH is 1. The molecule has 1 saturated heterocycles. The second kappa shape index (κ2) is 3.96. The average molecular weight is 229 g/mol. The Labute approximate surface area is 100 Å². The summed E-state index contributed by atoms with van der Waals surface area (Å²) in [5.41, 5.74) is 0.943. The van der Waals surface area contributed by atoms with Gasteiger partial charge >= 0.3 is 0 Å². The van der Waals surface area contributed by atoms with Gasteiger partial charge in [-0.25, -0.2) is 4.99 Å². The fourth-order valence-electron chi connectivity index (χ4n) is 2.44. The van der Waals surface area contributed by atoms with Crippen molar-refractivity contribution in [3.8, 4) is 0 Å². The van der Waals surface area contributed by atoms with Crippen molar-refractivity contribution in [1.29, 1.82) is 0 Å². The van der Waals surface area contributed by atoms with Gasteiger partial charge in [0.05, 0.1) is 5.92 Å². The molecule has 1 fully saturated rings. The third-order valence-electron chi connectivity index (χ3n) is 3.29. The first-order valence-corrected chi connectivity index (χ1v) is 5.91. The fourth-order valence-corrected chi connectivity index (χ4v) is 2.44. The Morgan fingerprint density at radius 1 is 1.29 bits per heavy atom. The maximum Gasteiger partial charge on any atom is 0.194 e. The molecule has 1 aromatic rings. The summed E-state index contributed by atoms with van der Waals surface area (Å²) >= 11 is 0. The number of benzene rings is 1. The van der Waals surface area contributed by atoms with Crippen molar-refractivity contribution in [3.05, 3.63) is 35.9 Å². The Morgan fingerprint density at radius 2 is 2.06 bits per heavy atom. The molecule has 0 radical (unpaired) electrons. The van der Waals surface area contributed by atoms with E-state index in [4.69, 9.17) is 0 Å². The molecule has 2 aliphatic heterocycles. The van der Waals surface area contributed by atoms with Gasteiger partial charge in [0.1, 0.15) is 6.17 Å². The number of hydrogen-bond acceptors (Lipinski definition) is 3. The van der Waals surface area contributed by atoms with Gasteiger partial charge in [0.2, 0.25) is 0 Å². The predicted molar refractivity (Wildman–Crippen MR) is 67.5 cm³/mol. The second-order valence-corrected chi connectivity index (χ2v) is 4.64. The van der Waals surface area contributed by atoms with Crippen LogP contribution >= 0.6 is 0 Å².